The number of nitrogens with one attached hydrogen (secondary N) is 2. The van der Waals surface area contributed by atoms with E-state index in [4.69, 9.17) is 9.47 Å². The predicted molar refractivity (Wildman–Crippen MR) is 66.2 cm³/mol. The molecule has 2 aromatic rings. The molecule has 0 saturated carbocycles. The molecule has 0 aliphatic carbocycles. The number of H-pyrrole nitrogens is 1. The highest BCUT2D eigenvalue weighted by Gasteiger charge is 2.10. The van der Waals surface area contributed by atoms with Crippen LogP contribution < -0.4 is 5.32 Å². The first-order chi connectivity index (χ1) is 8.74. The number of benzene rings is 1. The molecule has 18 heavy (non-hydrogen) atoms. The molecule has 1 amide bonds. The van der Waals surface area contributed by atoms with Crippen LogP contribution in [0.25, 0.3) is 10.9 Å². The maximum absolute atomic E-state index is 11.9. The number of amides is 1. The Morgan fingerprint density at radius 3 is 2.94 bits per heavy atom. The van der Waals surface area contributed by atoms with Crippen LogP contribution in [-0.2, 0) is 9.47 Å². The largest absolute Gasteiger partial charge is 0.354 e. The molecular formula is C12H15N3O3. The highest BCUT2D eigenvalue weighted by molar-refractivity contribution is 5.97. The first kappa shape index (κ1) is 12.5. The first-order valence-corrected chi connectivity index (χ1v) is 5.51. The Hall–Kier alpha value is -1.92. The summed E-state index contributed by atoms with van der Waals surface area (Å²) in [6, 6.07) is 5.34. The normalized spacial score (nSPS) is 11.1. The van der Waals surface area contributed by atoms with Gasteiger partial charge >= 0.3 is 0 Å². The Kier molecular flexibility index (Phi) is 3.91. The Bertz CT molecular complexity index is 534. The van der Waals surface area contributed by atoms with Gasteiger partial charge in [-0.25, -0.2) is 0 Å². The standard InChI is InChI=1S/C12H15N3O3/c1-17-11(18-2)7-13-12(16)8-3-4-10-9(5-8)6-14-15-10/h3-6,11H,7H2,1-2H3,(H,13,16)(H,14,15). The van der Waals surface area contributed by atoms with E-state index in [2.05, 4.69) is 15.5 Å². The van der Waals surface area contributed by atoms with E-state index in [1.165, 1.54) is 14.2 Å². The molecular weight excluding hydrogens is 234 g/mol. The van der Waals surface area contributed by atoms with Gasteiger partial charge in [0.15, 0.2) is 6.29 Å². The lowest BCUT2D eigenvalue weighted by atomic mass is 10.1. The van der Waals surface area contributed by atoms with Crippen LogP contribution in [0.3, 0.4) is 0 Å². The third kappa shape index (κ3) is 2.66. The summed E-state index contributed by atoms with van der Waals surface area (Å²) < 4.78 is 9.98. The zero-order valence-corrected chi connectivity index (χ0v) is 10.3. The van der Waals surface area contributed by atoms with E-state index < -0.39 is 6.29 Å². The first-order valence-electron chi connectivity index (χ1n) is 5.51. The zero-order chi connectivity index (χ0) is 13.0. The van der Waals surface area contributed by atoms with Gasteiger partial charge in [0.1, 0.15) is 0 Å². The SMILES string of the molecule is COC(CNC(=O)c1ccc2[nH]ncc2c1)OC. The number of hydrogen-bond acceptors (Lipinski definition) is 4. The number of aromatic amines is 1. The number of fused-ring (bicyclic) bond motifs is 1. The van der Waals surface area contributed by atoms with Gasteiger partial charge in [0, 0.05) is 25.2 Å². The maximum atomic E-state index is 11.9. The molecule has 0 fully saturated rings. The minimum Gasteiger partial charge on any atom is -0.354 e. The molecule has 0 bridgehead atoms. The lowest BCUT2D eigenvalue weighted by Crippen LogP contribution is -2.34. The lowest BCUT2D eigenvalue weighted by molar-refractivity contribution is -0.0974. The fourth-order valence-electron chi connectivity index (χ4n) is 1.62. The lowest BCUT2D eigenvalue weighted by Gasteiger charge is -2.13. The molecule has 0 aliphatic rings. The van der Waals surface area contributed by atoms with Crippen LogP contribution in [0, 0.1) is 0 Å². The van der Waals surface area contributed by atoms with Crippen molar-refractivity contribution < 1.29 is 14.3 Å². The predicted octanol–water partition coefficient (Wildman–Crippen LogP) is 0.912. The van der Waals surface area contributed by atoms with Crippen LogP contribution >= 0.6 is 0 Å². The molecule has 0 aliphatic heterocycles. The molecule has 0 unspecified atom stereocenters. The van der Waals surface area contributed by atoms with Crippen molar-refractivity contribution in [2.45, 2.75) is 6.29 Å². The summed E-state index contributed by atoms with van der Waals surface area (Å²) >= 11 is 0. The van der Waals surface area contributed by atoms with Crippen molar-refractivity contribution in [3.63, 3.8) is 0 Å². The summed E-state index contributed by atoms with van der Waals surface area (Å²) in [5, 5.41) is 10.4. The molecule has 0 saturated heterocycles. The van der Waals surface area contributed by atoms with Crippen LogP contribution in [0.5, 0.6) is 0 Å². The number of methoxy groups -OCH3 is 2. The monoisotopic (exact) mass is 249 g/mol. The zero-order valence-electron chi connectivity index (χ0n) is 10.3. The fourth-order valence-corrected chi connectivity index (χ4v) is 1.62. The topological polar surface area (TPSA) is 76.2 Å². The van der Waals surface area contributed by atoms with Crippen molar-refractivity contribution in [1.29, 1.82) is 0 Å². The molecule has 1 heterocycles. The molecule has 0 atom stereocenters. The van der Waals surface area contributed by atoms with E-state index in [1.807, 2.05) is 6.07 Å². The average Bonchev–Trinajstić information content (AvgIpc) is 2.86. The van der Waals surface area contributed by atoms with Crippen LogP contribution in [-0.4, -0.2) is 43.2 Å². The number of hydrogen-bond donors (Lipinski definition) is 2. The molecule has 6 nitrogen and oxygen atoms in total. The summed E-state index contributed by atoms with van der Waals surface area (Å²) in [4.78, 5) is 11.9. The summed E-state index contributed by atoms with van der Waals surface area (Å²) in [5.74, 6) is -0.169. The minimum atomic E-state index is -0.438. The van der Waals surface area contributed by atoms with Crippen LogP contribution in [0.1, 0.15) is 10.4 Å². The quantitative estimate of drug-likeness (QED) is 0.772. The molecule has 0 spiro atoms. The highest BCUT2D eigenvalue weighted by atomic mass is 16.7. The Balaban J connectivity index is 2.04. The fraction of sp³-hybridized carbons (Fsp3) is 0.333. The van der Waals surface area contributed by atoms with E-state index in [9.17, 15) is 4.79 Å². The molecule has 2 rings (SSSR count). The summed E-state index contributed by atoms with van der Waals surface area (Å²) in [7, 11) is 3.05. The molecule has 0 radical (unpaired) electrons. The number of ether oxygens (including phenoxy) is 2. The molecule has 1 aromatic carbocycles. The van der Waals surface area contributed by atoms with Gasteiger partial charge < -0.3 is 14.8 Å². The Labute approximate surface area is 104 Å². The van der Waals surface area contributed by atoms with Gasteiger partial charge in [0.2, 0.25) is 0 Å². The maximum Gasteiger partial charge on any atom is 0.251 e. The van der Waals surface area contributed by atoms with Crippen LogP contribution in [0.4, 0.5) is 0 Å². The van der Waals surface area contributed by atoms with E-state index in [0.29, 0.717) is 12.1 Å². The van der Waals surface area contributed by atoms with E-state index in [0.717, 1.165) is 10.9 Å². The third-order valence-electron chi connectivity index (χ3n) is 2.66. The average molecular weight is 249 g/mol. The Morgan fingerprint density at radius 1 is 1.44 bits per heavy atom. The van der Waals surface area contributed by atoms with Crippen LogP contribution in [0.15, 0.2) is 24.4 Å². The van der Waals surface area contributed by atoms with Crippen molar-refractivity contribution in [2.24, 2.45) is 0 Å². The third-order valence-corrected chi connectivity index (χ3v) is 2.66. The number of carbonyl (C=O) groups is 1. The van der Waals surface area contributed by atoms with Crippen molar-refractivity contribution in [2.75, 3.05) is 20.8 Å². The van der Waals surface area contributed by atoms with Crippen LogP contribution in [0.2, 0.25) is 0 Å². The number of rotatable bonds is 5. The van der Waals surface area contributed by atoms with Crippen molar-refractivity contribution >= 4 is 16.8 Å². The summed E-state index contributed by atoms with van der Waals surface area (Å²) in [6.45, 7) is 0.301. The van der Waals surface area contributed by atoms with Crippen molar-refractivity contribution in [3.8, 4) is 0 Å². The molecule has 96 valence electrons. The van der Waals surface area contributed by atoms with E-state index in [1.54, 1.807) is 18.3 Å². The van der Waals surface area contributed by atoms with Gasteiger partial charge in [0.05, 0.1) is 18.3 Å². The van der Waals surface area contributed by atoms with Gasteiger partial charge in [0.25, 0.3) is 5.91 Å². The van der Waals surface area contributed by atoms with Gasteiger partial charge in [-0.1, -0.05) is 0 Å². The smallest absolute Gasteiger partial charge is 0.251 e. The molecule has 6 heteroatoms. The van der Waals surface area contributed by atoms with Gasteiger partial charge in [-0.2, -0.15) is 5.10 Å². The van der Waals surface area contributed by atoms with Crippen molar-refractivity contribution in [3.05, 3.63) is 30.0 Å². The number of carbonyl (C=O) groups excluding carboxylic acids is 1. The second-order valence-corrected chi connectivity index (χ2v) is 3.78. The summed E-state index contributed by atoms with van der Waals surface area (Å²) in [6.07, 6.45) is 1.24. The second-order valence-electron chi connectivity index (χ2n) is 3.78. The van der Waals surface area contributed by atoms with E-state index >= 15 is 0 Å². The number of nitrogens with zero attached hydrogens (tertiary/aromatic N) is 1. The Morgan fingerprint density at radius 2 is 2.22 bits per heavy atom. The summed E-state index contributed by atoms with van der Waals surface area (Å²) in [5.41, 5.74) is 1.48. The second kappa shape index (κ2) is 5.61. The molecule has 1 aromatic heterocycles. The van der Waals surface area contributed by atoms with E-state index in [-0.39, 0.29) is 5.91 Å². The minimum absolute atomic E-state index is 0.169. The number of aromatic nitrogens is 2. The van der Waals surface area contributed by atoms with Gasteiger partial charge in [-0.3, -0.25) is 9.89 Å². The molecule has 2 N–H and O–H groups in total. The van der Waals surface area contributed by atoms with Gasteiger partial charge in [-0.05, 0) is 18.2 Å². The highest BCUT2D eigenvalue weighted by Crippen LogP contribution is 2.12. The van der Waals surface area contributed by atoms with Gasteiger partial charge in [-0.15, -0.1) is 0 Å². The van der Waals surface area contributed by atoms with Crippen molar-refractivity contribution in [1.82, 2.24) is 15.5 Å².